The summed E-state index contributed by atoms with van der Waals surface area (Å²) in [5.74, 6) is -0.351. The number of anilines is 1. The summed E-state index contributed by atoms with van der Waals surface area (Å²) in [7, 11) is 0. The highest BCUT2D eigenvalue weighted by Gasteiger charge is 2.17. The summed E-state index contributed by atoms with van der Waals surface area (Å²) in [5, 5.41) is 0. The van der Waals surface area contributed by atoms with Crippen LogP contribution < -0.4 is 5.73 Å². The molecule has 1 aromatic carbocycles. The number of hydrogen-bond donors (Lipinski definition) is 1. The lowest BCUT2D eigenvalue weighted by Crippen LogP contribution is -2.15. The van der Waals surface area contributed by atoms with Crippen molar-refractivity contribution in [2.24, 2.45) is 0 Å². The second-order valence-electron chi connectivity index (χ2n) is 3.61. The van der Waals surface area contributed by atoms with E-state index in [1.807, 2.05) is 32.9 Å². The quantitative estimate of drug-likeness (QED) is 0.518. The lowest BCUT2D eigenvalue weighted by Gasteiger charge is -2.12. The Hall–Kier alpha value is -0.780. The van der Waals surface area contributed by atoms with Gasteiger partial charge in [0, 0.05) is 3.57 Å². The van der Waals surface area contributed by atoms with Gasteiger partial charge in [0.1, 0.15) is 0 Å². The Balaban J connectivity index is 3.13. The summed E-state index contributed by atoms with van der Waals surface area (Å²) in [6.45, 7) is 5.51. The van der Waals surface area contributed by atoms with E-state index in [-0.39, 0.29) is 12.1 Å². The first-order valence-corrected chi connectivity index (χ1v) is 5.77. The number of benzene rings is 1. The number of carbonyl (C=O) groups is 1. The Morgan fingerprint density at radius 2 is 2.07 bits per heavy atom. The third-order valence-electron chi connectivity index (χ3n) is 1.96. The van der Waals surface area contributed by atoms with Crippen LogP contribution in [0.3, 0.4) is 0 Å². The number of aryl methyl sites for hydroxylation is 1. The molecule has 1 rings (SSSR count). The number of nitrogens with two attached hydrogens (primary N) is 1. The maximum absolute atomic E-state index is 11.7. The van der Waals surface area contributed by atoms with Crippen LogP contribution in [0.2, 0.25) is 0 Å². The number of rotatable bonds is 2. The van der Waals surface area contributed by atoms with Gasteiger partial charge in [-0.15, -0.1) is 0 Å². The fourth-order valence-corrected chi connectivity index (χ4v) is 1.87. The lowest BCUT2D eigenvalue weighted by atomic mass is 10.1. The van der Waals surface area contributed by atoms with E-state index in [4.69, 9.17) is 10.5 Å². The molecule has 0 amide bonds. The van der Waals surface area contributed by atoms with Crippen LogP contribution in [0.25, 0.3) is 0 Å². The topological polar surface area (TPSA) is 52.3 Å². The van der Waals surface area contributed by atoms with Gasteiger partial charge in [-0.05, 0) is 55.0 Å². The van der Waals surface area contributed by atoms with Gasteiger partial charge in [-0.25, -0.2) is 4.79 Å². The average Bonchev–Trinajstić information content (AvgIpc) is 2.11. The molecule has 0 unspecified atom stereocenters. The normalized spacial score (nSPS) is 10.5. The lowest BCUT2D eigenvalue weighted by molar-refractivity contribution is 0.0378. The summed E-state index contributed by atoms with van der Waals surface area (Å²) in [5.41, 5.74) is 7.73. The van der Waals surface area contributed by atoms with Crippen molar-refractivity contribution in [1.82, 2.24) is 0 Å². The van der Waals surface area contributed by atoms with Gasteiger partial charge in [0.2, 0.25) is 0 Å². The van der Waals surface area contributed by atoms with Gasteiger partial charge in [0.05, 0.1) is 17.4 Å². The van der Waals surface area contributed by atoms with E-state index in [0.717, 1.165) is 9.13 Å². The van der Waals surface area contributed by atoms with Gasteiger partial charge < -0.3 is 10.5 Å². The highest BCUT2D eigenvalue weighted by molar-refractivity contribution is 14.1. The largest absolute Gasteiger partial charge is 0.459 e. The van der Waals surface area contributed by atoms with Gasteiger partial charge in [-0.3, -0.25) is 0 Å². The van der Waals surface area contributed by atoms with Crippen LogP contribution in [0.1, 0.15) is 29.8 Å². The van der Waals surface area contributed by atoms with Gasteiger partial charge in [-0.1, -0.05) is 6.07 Å². The number of halogens is 1. The fourth-order valence-electron chi connectivity index (χ4n) is 1.18. The molecule has 0 radical (unpaired) electrons. The van der Waals surface area contributed by atoms with Crippen molar-refractivity contribution < 1.29 is 9.53 Å². The van der Waals surface area contributed by atoms with Crippen LogP contribution in [0, 0.1) is 10.5 Å². The van der Waals surface area contributed by atoms with Gasteiger partial charge in [-0.2, -0.15) is 0 Å². The van der Waals surface area contributed by atoms with Crippen LogP contribution >= 0.6 is 22.6 Å². The van der Waals surface area contributed by atoms with Crippen LogP contribution in [0.4, 0.5) is 5.69 Å². The fraction of sp³-hybridized carbons (Fsp3) is 0.364. The van der Waals surface area contributed by atoms with E-state index < -0.39 is 0 Å². The molecule has 0 bridgehead atoms. The van der Waals surface area contributed by atoms with Crippen molar-refractivity contribution in [2.75, 3.05) is 5.73 Å². The SMILES string of the molecule is Cc1ccc(I)c(C(=O)OC(C)C)c1N. The van der Waals surface area contributed by atoms with E-state index in [1.165, 1.54) is 0 Å². The Kier molecular flexibility index (Phi) is 3.96. The smallest absolute Gasteiger partial charge is 0.341 e. The molecular weight excluding hydrogens is 305 g/mol. The molecule has 0 heterocycles. The third kappa shape index (κ3) is 2.84. The molecule has 0 aromatic heterocycles. The van der Waals surface area contributed by atoms with Crippen molar-refractivity contribution in [1.29, 1.82) is 0 Å². The number of carbonyl (C=O) groups excluding carboxylic acids is 1. The molecule has 0 fully saturated rings. The average molecular weight is 319 g/mol. The minimum absolute atomic E-state index is 0.131. The molecule has 0 spiro atoms. The molecular formula is C11H14INO2. The summed E-state index contributed by atoms with van der Waals surface area (Å²) in [6, 6.07) is 3.76. The van der Waals surface area contributed by atoms with Crippen LogP contribution in [0.15, 0.2) is 12.1 Å². The van der Waals surface area contributed by atoms with Crippen molar-refractivity contribution in [2.45, 2.75) is 26.9 Å². The second-order valence-corrected chi connectivity index (χ2v) is 4.77. The predicted molar refractivity (Wildman–Crippen MR) is 68.9 cm³/mol. The minimum Gasteiger partial charge on any atom is -0.459 e. The Morgan fingerprint density at radius 1 is 1.47 bits per heavy atom. The summed E-state index contributed by atoms with van der Waals surface area (Å²) in [4.78, 5) is 11.7. The second kappa shape index (κ2) is 4.83. The molecule has 15 heavy (non-hydrogen) atoms. The first kappa shape index (κ1) is 12.3. The molecule has 0 aliphatic heterocycles. The maximum atomic E-state index is 11.7. The van der Waals surface area contributed by atoms with E-state index in [9.17, 15) is 4.79 Å². The highest BCUT2D eigenvalue weighted by Crippen LogP contribution is 2.24. The first-order chi connectivity index (χ1) is 6.93. The zero-order valence-electron chi connectivity index (χ0n) is 9.00. The molecule has 0 saturated carbocycles. The van der Waals surface area contributed by atoms with E-state index in [2.05, 4.69) is 22.6 Å². The molecule has 4 heteroatoms. The summed E-state index contributed by atoms with van der Waals surface area (Å²) >= 11 is 2.08. The Morgan fingerprint density at radius 3 is 2.60 bits per heavy atom. The van der Waals surface area contributed by atoms with Crippen molar-refractivity contribution >= 4 is 34.2 Å². The van der Waals surface area contributed by atoms with Crippen LogP contribution in [0.5, 0.6) is 0 Å². The number of esters is 1. The molecule has 82 valence electrons. The first-order valence-electron chi connectivity index (χ1n) is 4.69. The van der Waals surface area contributed by atoms with Crippen molar-refractivity contribution in [3.8, 4) is 0 Å². The zero-order valence-corrected chi connectivity index (χ0v) is 11.2. The number of hydrogen-bond acceptors (Lipinski definition) is 3. The van der Waals surface area contributed by atoms with Gasteiger partial charge in [0.25, 0.3) is 0 Å². The maximum Gasteiger partial charge on any atom is 0.341 e. The van der Waals surface area contributed by atoms with Gasteiger partial charge >= 0.3 is 5.97 Å². The molecule has 3 nitrogen and oxygen atoms in total. The van der Waals surface area contributed by atoms with Crippen molar-refractivity contribution in [3.05, 3.63) is 26.8 Å². The van der Waals surface area contributed by atoms with Crippen molar-refractivity contribution in [3.63, 3.8) is 0 Å². The zero-order chi connectivity index (χ0) is 11.6. The van der Waals surface area contributed by atoms with Gasteiger partial charge in [0.15, 0.2) is 0 Å². The van der Waals surface area contributed by atoms with Crippen LogP contribution in [-0.2, 0) is 4.74 Å². The summed E-state index contributed by atoms with van der Waals surface area (Å²) in [6.07, 6.45) is -0.131. The molecule has 0 aliphatic carbocycles. The van der Waals surface area contributed by atoms with E-state index in [0.29, 0.717) is 11.3 Å². The molecule has 2 N–H and O–H groups in total. The predicted octanol–water partition coefficient (Wildman–Crippen LogP) is 2.75. The molecule has 0 aliphatic rings. The number of nitrogen functional groups attached to an aromatic ring is 1. The number of ether oxygens (including phenoxy) is 1. The highest BCUT2D eigenvalue weighted by atomic mass is 127. The Bertz CT molecular complexity index is 388. The molecule has 0 saturated heterocycles. The standard InChI is InChI=1S/C11H14INO2/c1-6(2)15-11(14)9-8(12)5-4-7(3)10(9)13/h4-6H,13H2,1-3H3. The summed E-state index contributed by atoms with van der Waals surface area (Å²) < 4.78 is 5.95. The van der Waals surface area contributed by atoms with E-state index >= 15 is 0 Å². The van der Waals surface area contributed by atoms with Crippen LogP contribution in [-0.4, -0.2) is 12.1 Å². The molecule has 0 atom stereocenters. The Labute approximate surface area is 103 Å². The molecule has 1 aromatic rings. The third-order valence-corrected chi connectivity index (χ3v) is 2.86. The minimum atomic E-state index is -0.351. The monoisotopic (exact) mass is 319 g/mol. The van der Waals surface area contributed by atoms with E-state index in [1.54, 1.807) is 0 Å².